The molecule has 2 bridgehead atoms. The summed E-state index contributed by atoms with van der Waals surface area (Å²) in [6.07, 6.45) is 2.43. The van der Waals surface area contributed by atoms with E-state index in [1.807, 2.05) is 19.1 Å². The number of piperidine rings is 3. The molecule has 3 saturated heterocycles. The smallest absolute Gasteiger partial charge is 0.123 e. The van der Waals surface area contributed by atoms with Crippen LogP contribution in [0.3, 0.4) is 0 Å². The van der Waals surface area contributed by atoms with Crippen LogP contribution >= 0.6 is 0 Å². The Bertz CT molecular complexity index is 1100. The molecule has 3 fully saturated rings. The zero-order valence-electron chi connectivity index (χ0n) is 22.0. The van der Waals surface area contributed by atoms with Gasteiger partial charge in [-0.15, -0.1) is 0 Å². The summed E-state index contributed by atoms with van der Waals surface area (Å²) in [5.41, 5.74) is 4.01. The largest absolute Gasteiger partial charge is 0.496 e. The van der Waals surface area contributed by atoms with Crippen LogP contribution in [0.25, 0.3) is 0 Å². The Balaban J connectivity index is 1.48. The zero-order valence-corrected chi connectivity index (χ0v) is 22.0. The normalized spacial score (nSPS) is 23.4. The summed E-state index contributed by atoms with van der Waals surface area (Å²) in [4.78, 5) is 2.70. The molecule has 0 saturated carbocycles. The van der Waals surface area contributed by atoms with Crippen molar-refractivity contribution in [2.24, 2.45) is 5.92 Å². The van der Waals surface area contributed by atoms with Gasteiger partial charge in [-0.05, 0) is 54.6 Å². The number of aliphatic hydroxyl groups excluding tert-OH is 2. The van der Waals surface area contributed by atoms with E-state index in [1.165, 1.54) is 24.0 Å². The van der Waals surface area contributed by atoms with Gasteiger partial charge in [0.2, 0.25) is 0 Å². The highest BCUT2D eigenvalue weighted by Crippen LogP contribution is 2.42. The number of rotatable bonds is 10. The fraction of sp³-hybridized carbons (Fsp3) is 0.438. The van der Waals surface area contributed by atoms with Crippen molar-refractivity contribution in [2.75, 3.05) is 33.4 Å². The third-order valence-corrected chi connectivity index (χ3v) is 8.73. The van der Waals surface area contributed by atoms with E-state index < -0.39 is 5.41 Å². The first kappa shape index (κ1) is 25.9. The number of ether oxygens (including phenoxy) is 1. The predicted octanol–water partition coefficient (Wildman–Crippen LogP) is 4.32. The number of nitrogens with one attached hydrogen (secondary N) is 1. The van der Waals surface area contributed by atoms with Gasteiger partial charge in [0.25, 0.3) is 0 Å². The molecule has 5 nitrogen and oxygen atoms in total. The molecule has 3 aromatic rings. The third-order valence-electron chi connectivity index (χ3n) is 8.73. The highest BCUT2D eigenvalue weighted by molar-refractivity contribution is 5.41. The Hall–Kier alpha value is -2.70. The molecule has 2 atom stereocenters. The third kappa shape index (κ3) is 5.19. The van der Waals surface area contributed by atoms with Crippen LogP contribution in [0.2, 0.25) is 0 Å². The summed E-state index contributed by atoms with van der Waals surface area (Å²) >= 11 is 0. The summed E-state index contributed by atoms with van der Waals surface area (Å²) < 4.78 is 5.72. The highest BCUT2D eigenvalue weighted by atomic mass is 16.5. The van der Waals surface area contributed by atoms with E-state index in [0.29, 0.717) is 24.5 Å². The lowest BCUT2D eigenvalue weighted by molar-refractivity contribution is 0.00461. The van der Waals surface area contributed by atoms with Crippen molar-refractivity contribution in [2.45, 2.75) is 49.7 Å². The topological polar surface area (TPSA) is 65.0 Å². The van der Waals surface area contributed by atoms with E-state index in [2.05, 4.69) is 76.9 Å². The van der Waals surface area contributed by atoms with Crippen LogP contribution < -0.4 is 10.1 Å². The minimum atomic E-state index is -0.690. The van der Waals surface area contributed by atoms with Crippen LogP contribution in [0.5, 0.6) is 5.75 Å². The maximum Gasteiger partial charge on any atom is 0.123 e. The van der Waals surface area contributed by atoms with E-state index in [0.717, 1.165) is 30.0 Å². The molecule has 3 aliphatic rings. The number of aliphatic hydroxyl groups is 2. The summed E-state index contributed by atoms with van der Waals surface area (Å²) in [6.45, 7) is 4.63. The summed E-state index contributed by atoms with van der Waals surface area (Å²) in [6, 6.07) is 28.6. The van der Waals surface area contributed by atoms with Crippen LogP contribution in [-0.2, 0) is 12.0 Å². The summed E-state index contributed by atoms with van der Waals surface area (Å²) in [7, 11) is 1.70. The van der Waals surface area contributed by atoms with Crippen molar-refractivity contribution < 1.29 is 14.9 Å². The lowest BCUT2D eigenvalue weighted by atomic mass is 9.70. The minimum absolute atomic E-state index is 0.111. The number of benzene rings is 3. The van der Waals surface area contributed by atoms with Crippen LogP contribution in [0, 0.1) is 5.92 Å². The Morgan fingerprint density at radius 3 is 2.05 bits per heavy atom. The molecule has 0 spiro atoms. The molecule has 3 heterocycles. The van der Waals surface area contributed by atoms with Crippen LogP contribution in [0.15, 0.2) is 78.9 Å². The van der Waals surface area contributed by atoms with Gasteiger partial charge in [-0.3, -0.25) is 4.90 Å². The van der Waals surface area contributed by atoms with Gasteiger partial charge in [0, 0.05) is 35.5 Å². The van der Waals surface area contributed by atoms with Gasteiger partial charge < -0.3 is 20.3 Å². The van der Waals surface area contributed by atoms with Crippen molar-refractivity contribution in [3.63, 3.8) is 0 Å². The molecular formula is C32H40N2O3. The standard InChI is InChI=1S/C32H40N2O3/c1-32(21-35,22-36)27-13-14-28(37-2)26(19-27)20-33-30-25-15-17-34(18-16-25)31(30)29(23-9-5-3-6-10-23)24-11-7-4-8-12-24/h3-14,19,25,29-31,33,35-36H,15-18,20-22H2,1-2H3/t30-,31-/m0/s1. The average Bonchev–Trinajstić information content (AvgIpc) is 2.97. The van der Waals surface area contributed by atoms with Crippen LogP contribution in [0.1, 0.15) is 47.9 Å². The molecule has 3 N–H and O–H groups in total. The molecule has 0 aliphatic carbocycles. The maximum atomic E-state index is 9.96. The number of nitrogens with zero attached hydrogens (tertiary/aromatic N) is 1. The second-order valence-electron chi connectivity index (χ2n) is 11.0. The first-order chi connectivity index (χ1) is 18.1. The maximum absolute atomic E-state index is 9.96. The first-order valence-electron chi connectivity index (χ1n) is 13.5. The van der Waals surface area contributed by atoms with E-state index in [1.54, 1.807) is 7.11 Å². The average molecular weight is 501 g/mol. The van der Waals surface area contributed by atoms with Crippen LogP contribution in [0.4, 0.5) is 0 Å². The predicted molar refractivity (Wildman–Crippen MR) is 148 cm³/mol. The molecule has 0 aromatic heterocycles. The molecule has 3 aliphatic heterocycles. The molecule has 6 rings (SSSR count). The second-order valence-corrected chi connectivity index (χ2v) is 11.0. The number of hydrogen-bond donors (Lipinski definition) is 3. The number of fused-ring (bicyclic) bond motifs is 3. The number of hydrogen-bond acceptors (Lipinski definition) is 5. The van der Waals surface area contributed by atoms with Crippen molar-refractivity contribution in [3.05, 3.63) is 101 Å². The monoisotopic (exact) mass is 500 g/mol. The van der Waals surface area contributed by atoms with E-state index >= 15 is 0 Å². The van der Waals surface area contributed by atoms with Gasteiger partial charge in [0.15, 0.2) is 0 Å². The van der Waals surface area contributed by atoms with Gasteiger partial charge in [-0.2, -0.15) is 0 Å². The van der Waals surface area contributed by atoms with E-state index in [9.17, 15) is 10.2 Å². The van der Waals surface area contributed by atoms with Crippen molar-refractivity contribution in [1.29, 1.82) is 0 Å². The van der Waals surface area contributed by atoms with E-state index in [4.69, 9.17) is 4.74 Å². The highest BCUT2D eigenvalue weighted by Gasteiger charge is 2.46. The fourth-order valence-corrected chi connectivity index (χ4v) is 6.45. The molecule has 0 unspecified atom stereocenters. The zero-order chi connectivity index (χ0) is 25.8. The van der Waals surface area contributed by atoms with Crippen LogP contribution in [-0.4, -0.2) is 60.6 Å². The molecule has 37 heavy (non-hydrogen) atoms. The molecule has 0 amide bonds. The lowest BCUT2D eigenvalue weighted by Gasteiger charge is -2.54. The SMILES string of the molecule is COc1ccc(C(C)(CO)CO)cc1CN[C@H]1C2CCN(CC2)[C@H]1C(c1ccccc1)c1ccccc1. The van der Waals surface area contributed by atoms with Crippen molar-refractivity contribution in [3.8, 4) is 5.75 Å². The van der Waals surface area contributed by atoms with Gasteiger partial charge in [-0.1, -0.05) is 79.7 Å². The quantitative estimate of drug-likeness (QED) is 0.387. The van der Waals surface area contributed by atoms with Crippen molar-refractivity contribution >= 4 is 0 Å². The van der Waals surface area contributed by atoms with Gasteiger partial charge in [0.1, 0.15) is 5.75 Å². The van der Waals surface area contributed by atoms with Gasteiger partial charge in [-0.25, -0.2) is 0 Å². The molecule has 5 heteroatoms. The molecule has 0 radical (unpaired) electrons. The molecule has 196 valence electrons. The Kier molecular flexibility index (Phi) is 7.96. The Morgan fingerprint density at radius 2 is 1.51 bits per heavy atom. The van der Waals surface area contributed by atoms with E-state index in [-0.39, 0.29) is 19.1 Å². The fourth-order valence-electron chi connectivity index (χ4n) is 6.45. The van der Waals surface area contributed by atoms with Gasteiger partial charge >= 0.3 is 0 Å². The molecule has 3 aromatic carbocycles. The minimum Gasteiger partial charge on any atom is -0.496 e. The first-order valence-corrected chi connectivity index (χ1v) is 13.5. The summed E-state index contributed by atoms with van der Waals surface area (Å²) in [5, 5.41) is 23.9. The lowest BCUT2D eigenvalue weighted by Crippen LogP contribution is -2.64. The molecular weight excluding hydrogens is 460 g/mol. The second kappa shape index (κ2) is 11.4. The summed E-state index contributed by atoms with van der Waals surface area (Å²) in [5.74, 6) is 1.73. The number of methoxy groups -OCH3 is 1. The van der Waals surface area contributed by atoms with Crippen molar-refractivity contribution in [1.82, 2.24) is 10.2 Å². The Labute approximate surface area is 221 Å². The Morgan fingerprint density at radius 1 is 0.919 bits per heavy atom. The van der Waals surface area contributed by atoms with Gasteiger partial charge in [0.05, 0.1) is 20.3 Å².